The van der Waals surface area contributed by atoms with Gasteiger partial charge < -0.3 is 0 Å². The summed E-state index contributed by atoms with van der Waals surface area (Å²) < 4.78 is 34.1. The SMILES string of the molecule is CCCOC1C(OC)COC1(C[AsH]C(=O)NO)c1cc(OC)c(OC)c(OC)c1. The van der Waals surface area contributed by atoms with Gasteiger partial charge in [0.05, 0.1) is 0 Å². The standard InChI is InChI=1S/C19H30AsNO8/c1-6-7-28-17-15(26-4)10-29-19(17,11-20-18(22)21-23)12-8-13(24-2)16(27-5)14(9-12)25-3/h8-9,15,17,20,23H,6-7,10-11H2,1-5H3,(H,21,22). The molecule has 1 saturated heterocycles. The van der Waals surface area contributed by atoms with Crippen LogP contribution in [0.3, 0.4) is 0 Å². The third-order valence-electron chi connectivity index (χ3n) is 4.87. The fourth-order valence-electron chi connectivity index (χ4n) is 3.46. The van der Waals surface area contributed by atoms with Crippen molar-refractivity contribution in [3.63, 3.8) is 0 Å². The Kier molecular flexibility index (Phi) is 9.04. The summed E-state index contributed by atoms with van der Waals surface area (Å²) >= 11 is -1.26. The van der Waals surface area contributed by atoms with Crippen LogP contribution in [-0.2, 0) is 19.8 Å². The number of carbonyl (C=O) groups excluding carboxylic acids is 1. The molecule has 4 atom stereocenters. The summed E-state index contributed by atoms with van der Waals surface area (Å²) in [4.78, 5) is 11.9. The van der Waals surface area contributed by atoms with E-state index in [4.69, 9.17) is 33.6 Å². The zero-order chi connectivity index (χ0) is 21.4. The molecule has 10 heteroatoms. The Hall–Kier alpha value is -1.51. The first-order chi connectivity index (χ1) is 14.0. The molecule has 1 aromatic rings. The molecule has 1 aromatic carbocycles. The predicted molar refractivity (Wildman–Crippen MR) is 107 cm³/mol. The number of methoxy groups -OCH3 is 4. The van der Waals surface area contributed by atoms with Crippen LogP contribution in [-0.4, -0.2) is 79.5 Å². The molecular weight excluding hydrogens is 445 g/mol. The monoisotopic (exact) mass is 475 g/mol. The predicted octanol–water partition coefficient (Wildman–Crippen LogP) is 1.70. The second kappa shape index (κ2) is 11.0. The minimum atomic E-state index is -1.26. The summed E-state index contributed by atoms with van der Waals surface area (Å²) in [6.07, 6.45) is 0.0843. The van der Waals surface area contributed by atoms with Gasteiger partial charge in [0.25, 0.3) is 0 Å². The van der Waals surface area contributed by atoms with Crippen LogP contribution in [0.1, 0.15) is 18.9 Å². The van der Waals surface area contributed by atoms with Crippen molar-refractivity contribution >= 4 is 20.4 Å². The van der Waals surface area contributed by atoms with E-state index in [9.17, 15) is 4.79 Å². The van der Waals surface area contributed by atoms with E-state index >= 15 is 0 Å². The van der Waals surface area contributed by atoms with Crippen molar-refractivity contribution in [1.29, 1.82) is 0 Å². The maximum absolute atomic E-state index is 11.9. The molecule has 1 fully saturated rings. The molecule has 0 aliphatic carbocycles. The van der Waals surface area contributed by atoms with Gasteiger partial charge in [0, 0.05) is 0 Å². The number of carbonyl (C=O) groups is 1. The first-order valence-corrected chi connectivity index (χ1v) is 11.8. The Labute approximate surface area is 177 Å². The van der Waals surface area contributed by atoms with Crippen LogP contribution in [0.5, 0.6) is 17.2 Å². The summed E-state index contributed by atoms with van der Waals surface area (Å²) in [7, 11) is 6.23. The van der Waals surface area contributed by atoms with Crippen LogP contribution in [0.2, 0.25) is 5.21 Å². The van der Waals surface area contributed by atoms with Gasteiger partial charge >= 0.3 is 177 Å². The van der Waals surface area contributed by atoms with Gasteiger partial charge in [-0.05, 0) is 0 Å². The molecule has 0 bridgehead atoms. The van der Waals surface area contributed by atoms with Crippen molar-refractivity contribution in [3.05, 3.63) is 17.7 Å². The van der Waals surface area contributed by atoms with Gasteiger partial charge in [-0.3, -0.25) is 0 Å². The van der Waals surface area contributed by atoms with Crippen molar-refractivity contribution in [2.45, 2.75) is 36.4 Å². The molecule has 1 aliphatic rings. The first-order valence-electron chi connectivity index (χ1n) is 9.28. The van der Waals surface area contributed by atoms with E-state index in [-0.39, 0.29) is 6.10 Å². The van der Waals surface area contributed by atoms with Crippen LogP contribution in [0.25, 0.3) is 0 Å². The zero-order valence-electron chi connectivity index (χ0n) is 17.4. The molecule has 0 aromatic heterocycles. The average molecular weight is 475 g/mol. The van der Waals surface area contributed by atoms with Crippen LogP contribution < -0.4 is 19.7 Å². The van der Waals surface area contributed by atoms with E-state index in [1.54, 1.807) is 26.8 Å². The average Bonchev–Trinajstić information content (AvgIpc) is 3.13. The second-order valence-corrected chi connectivity index (χ2v) is 8.91. The number of benzene rings is 1. The molecular formula is C19H30AsNO8. The van der Waals surface area contributed by atoms with Gasteiger partial charge in [0.15, 0.2) is 0 Å². The molecule has 29 heavy (non-hydrogen) atoms. The number of rotatable bonds is 11. The van der Waals surface area contributed by atoms with Gasteiger partial charge in [-0.2, -0.15) is 0 Å². The number of hydrogen-bond donors (Lipinski definition) is 2. The van der Waals surface area contributed by atoms with Crippen LogP contribution in [0.4, 0.5) is 4.79 Å². The Morgan fingerprint density at radius 1 is 1.24 bits per heavy atom. The second-order valence-electron chi connectivity index (χ2n) is 6.47. The molecule has 0 radical (unpaired) electrons. The van der Waals surface area contributed by atoms with Gasteiger partial charge in [-0.15, -0.1) is 0 Å². The number of hydrogen-bond acceptors (Lipinski definition) is 8. The van der Waals surface area contributed by atoms with Gasteiger partial charge in [-0.25, -0.2) is 0 Å². The number of hydroxylamine groups is 1. The summed E-state index contributed by atoms with van der Waals surface area (Å²) in [5, 5.41) is 9.36. The number of ether oxygens (including phenoxy) is 6. The van der Waals surface area contributed by atoms with Crippen LogP contribution in [0.15, 0.2) is 12.1 Å². The third-order valence-corrected chi connectivity index (χ3v) is 7.25. The third kappa shape index (κ3) is 4.98. The summed E-state index contributed by atoms with van der Waals surface area (Å²) in [5.41, 5.74) is 1.51. The van der Waals surface area contributed by atoms with E-state index in [0.29, 0.717) is 35.7 Å². The summed E-state index contributed by atoms with van der Waals surface area (Å²) in [6, 6.07) is 3.62. The molecule has 4 unspecified atom stereocenters. The van der Waals surface area contributed by atoms with Crippen LogP contribution >= 0.6 is 0 Å². The van der Waals surface area contributed by atoms with E-state index in [1.165, 1.54) is 7.11 Å². The molecule has 2 rings (SSSR count). The first kappa shape index (κ1) is 23.8. The maximum atomic E-state index is 11.9. The van der Waals surface area contributed by atoms with E-state index in [0.717, 1.165) is 12.0 Å². The molecule has 1 heterocycles. The van der Waals surface area contributed by atoms with Crippen LogP contribution in [0, 0.1) is 0 Å². The Morgan fingerprint density at radius 2 is 1.90 bits per heavy atom. The topological polar surface area (TPSA) is 105 Å². The van der Waals surface area contributed by atoms with Gasteiger partial charge in [0.2, 0.25) is 0 Å². The molecule has 1 aliphatic heterocycles. The quantitative estimate of drug-likeness (QED) is 0.283. The zero-order valence-corrected chi connectivity index (χ0v) is 19.5. The van der Waals surface area contributed by atoms with Crippen molar-refractivity contribution in [2.75, 3.05) is 41.7 Å². The number of amides is 1. The van der Waals surface area contributed by atoms with Gasteiger partial charge in [-0.1, -0.05) is 0 Å². The molecule has 164 valence electrons. The van der Waals surface area contributed by atoms with Crippen molar-refractivity contribution in [1.82, 2.24) is 5.48 Å². The van der Waals surface area contributed by atoms with Crippen molar-refractivity contribution < 1.29 is 38.4 Å². The Bertz CT molecular complexity index is 663. The van der Waals surface area contributed by atoms with Gasteiger partial charge in [0.1, 0.15) is 0 Å². The molecule has 9 nitrogen and oxygen atoms in total. The Morgan fingerprint density at radius 3 is 2.38 bits per heavy atom. The normalized spacial score (nSPS) is 24.1. The molecule has 2 N–H and O–H groups in total. The fourth-order valence-corrected chi connectivity index (χ4v) is 5.58. The van der Waals surface area contributed by atoms with E-state index in [2.05, 4.69) is 0 Å². The molecule has 0 spiro atoms. The summed E-state index contributed by atoms with van der Waals surface area (Å²) in [6.45, 7) is 2.85. The molecule has 0 saturated carbocycles. The fraction of sp³-hybridized carbons (Fsp3) is 0.632. The summed E-state index contributed by atoms with van der Waals surface area (Å²) in [5.74, 6) is 1.42. The molecule has 1 amide bonds. The van der Waals surface area contributed by atoms with E-state index < -0.39 is 32.2 Å². The number of nitrogens with one attached hydrogen (secondary N) is 1. The van der Waals surface area contributed by atoms with Crippen molar-refractivity contribution in [2.24, 2.45) is 0 Å². The van der Waals surface area contributed by atoms with Crippen molar-refractivity contribution in [3.8, 4) is 17.2 Å². The van der Waals surface area contributed by atoms with E-state index in [1.807, 2.05) is 19.1 Å². The minimum absolute atomic E-state index is 0.301. The Balaban J connectivity index is 2.59.